The van der Waals surface area contributed by atoms with E-state index in [2.05, 4.69) is 5.32 Å². The number of carboxylic acid groups (broad SMARTS) is 1. The zero-order chi connectivity index (χ0) is 26.2. The summed E-state index contributed by atoms with van der Waals surface area (Å²) in [6.07, 6.45) is 0. The monoisotopic (exact) mass is 491 g/mol. The molecule has 0 radical (unpaired) electrons. The zero-order valence-electron chi connectivity index (χ0n) is 19.6. The third kappa shape index (κ3) is 6.05. The molecule has 3 aromatic rings. The highest BCUT2D eigenvalue weighted by Crippen LogP contribution is 2.24. The number of nitrogens with zero attached hydrogens (tertiary/aromatic N) is 1. The smallest absolute Gasteiger partial charge is 0.335 e. The third-order valence-corrected chi connectivity index (χ3v) is 5.49. The van der Waals surface area contributed by atoms with Gasteiger partial charge >= 0.3 is 5.97 Å². The fourth-order valence-corrected chi connectivity index (χ4v) is 3.45. The van der Waals surface area contributed by atoms with Gasteiger partial charge in [-0.3, -0.25) is 19.6 Å². The molecule has 0 aliphatic carbocycles. The van der Waals surface area contributed by atoms with E-state index in [0.29, 0.717) is 5.75 Å². The average molecular weight is 492 g/mol. The van der Waals surface area contributed by atoms with Gasteiger partial charge in [0.2, 0.25) is 0 Å². The molecule has 1 atom stereocenters. The molecule has 0 aromatic heterocycles. The molecule has 0 spiro atoms. The topological polar surface area (TPSA) is 145 Å². The molecule has 0 saturated carbocycles. The van der Waals surface area contributed by atoms with Crippen molar-refractivity contribution in [3.63, 3.8) is 0 Å². The molecule has 10 nitrogen and oxygen atoms in total. The van der Waals surface area contributed by atoms with E-state index in [9.17, 15) is 19.2 Å². The Hall–Kier alpha value is -4.70. The predicted molar refractivity (Wildman–Crippen MR) is 129 cm³/mol. The average Bonchev–Trinajstić information content (AvgIpc) is 2.91. The van der Waals surface area contributed by atoms with Crippen LogP contribution in [0.1, 0.15) is 26.3 Å². The lowest BCUT2D eigenvalue weighted by atomic mass is 10.0. The lowest BCUT2D eigenvalue weighted by Gasteiger charge is -2.25. The number of hydrogen-bond acceptors (Lipinski definition) is 6. The summed E-state index contributed by atoms with van der Waals surface area (Å²) in [5.74, 6) is -2.68. The van der Waals surface area contributed by atoms with Gasteiger partial charge in [0.25, 0.3) is 17.7 Å². The Morgan fingerprint density at radius 3 is 1.86 bits per heavy atom. The Bertz CT molecular complexity index is 1220. The number of nitrogens with one attached hydrogen (secondary N) is 2. The summed E-state index contributed by atoms with van der Waals surface area (Å²) in [5, 5.41) is 20.2. The van der Waals surface area contributed by atoms with Crippen LogP contribution in [-0.4, -0.2) is 59.0 Å². The summed E-state index contributed by atoms with van der Waals surface area (Å²) >= 11 is 0. The van der Waals surface area contributed by atoms with Crippen molar-refractivity contribution in [1.82, 2.24) is 15.7 Å². The highest BCUT2D eigenvalue weighted by atomic mass is 16.5. The quantitative estimate of drug-likeness (QED) is 0.204. The molecule has 0 saturated heterocycles. The first kappa shape index (κ1) is 25.9. The van der Waals surface area contributed by atoms with Crippen LogP contribution in [0, 0.1) is 0 Å². The Balaban J connectivity index is 1.65. The minimum absolute atomic E-state index is 0.212. The molecule has 3 rings (SSSR count). The van der Waals surface area contributed by atoms with Crippen molar-refractivity contribution >= 4 is 23.7 Å². The summed E-state index contributed by atoms with van der Waals surface area (Å²) in [6.45, 7) is 0.287. The maximum atomic E-state index is 12.8. The van der Waals surface area contributed by atoms with Gasteiger partial charge in [0, 0.05) is 19.7 Å². The largest absolute Gasteiger partial charge is 0.489 e. The van der Waals surface area contributed by atoms with E-state index < -0.39 is 29.7 Å². The molecule has 0 heterocycles. The maximum absolute atomic E-state index is 12.8. The number of amides is 3. The van der Waals surface area contributed by atoms with Gasteiger partial charge in [-0.2, -0.15) is 0 Å². The molecule has 36 heavy (non-hydrogen) atoms. The van der Waals surface area contributed by atoms with Crippen molar-refractivity contribution in [2.45, 2.75) is 12.6 Å². The molecule has 1 unspecified atom stereocenters. The molecule has 0 fully saturated rings. The van der Waals surface area contributed by atoms with E-state index in [1.165, 1.54) is 31.7 Å². The van der Waals surface area contributed by atoms with E-state index in [1.807, 2.05) is 12.1 Å². The number of carbonyl (C=O) groups is 4. The summed E-state index contributed by atoms with van der Waals surface area (Å²) in [6, 6.07) is 18.9. The normalized spacial score (nSPS) is 11.2. The summed E-state index contributed by atoms with van der Waals surface area (Å²) in [7, 11) is 2.62. The first-order valence-electron chi connectivity index (χ1n) is 10.8. The fraction of sp³-hybridized carbons (Fsp3) is 0.154. The van der Waals surface area contributed by atoms with Crippen LogP contribution in [-0.2, 0) is 16.2 Å². The maximum Gasteiger partial charge on any atom is 0.335 e. The molecule has 3 aromatic carbocycles. The zero-order valence-corrected chi connectivity index (χ0v) is 19.6. The lowest BCUT2D eigenvalue weighted by molar-refractivity contribution is -0.140. The van der Waals surface area contributed by atoms with Crippen molar-refractivity contribution in [3.8, 4) is 16.9 Å². The summed E-state index contributed by atoms with van der Waals surface area (Å²) in [4.78, 5) is 48.6. The van der Waals surface area contributed by atoms with Gasteiger partial charge in [-0.1, -0.05) is 36.4 Å². The van der Waals surface area contributed by atoms with Crippen LogP contribution < -0.4 is 15.5 Å². The van der Waals surface area contributed by atoms with E-state index >= 15 is 0 Å². The number of ether oxygens (including phenoxy) is 1. The van der Waals surface area contributed by atoms with Crippen molar-refractivity contribution in [3.05, 3.63) is 89.5 Å². The van der Waals surface area contributed by atoms with Crippen LogP contribution in [0.3, 0.4) is 0 Å². The molecule has 0 aliphatic rings. The van der Waals surface area contributed by atoms with Crippen LogP contribution in [0.5, 0.6) is 5.75 Å². The van der Waals surface area contributed by atoms with Crippen molar-refractivity contribution in [1.29, 1.82) is 0 Å². The number of aromatic carboxylic acids is 1. The van der Waals surface area contributed by atoms with Gasteiger partial charge in [0.05, 0.1) is 5.56 Å². The number of benzene rings is 3. The predicted octanol–water partition coefficient (Wildman–Crippen LogP) is 2.32. The van der Waals surface area contributed by atoms with Crippen molar-refractivity contribution in [2.24, 2.45) is 0 Å². The third-order valence-electron chi connectivity index (χ3n) is 5.49. The molecule has 3 amide bonds. The minimum atomic E-state index is -1.53. The summed E-state index contributed by atoms with van der Waals surface area (Å²) < 4.78 is 5.76. The highest BCUT2D eigenvalue weighted by molar-refractivity contribution is 6.08. The number of carboxylic acids is 1. The van der Waals surface area contributed by atoms with Crippen LogP contribution in [0.15, 0.2) is 72.8 Å². The van der Waals surface area contributed by atoms with E-state index in [-0.39, 0.29) is 17.7 Å². The van der Waals surface area contributed by atoms with E-state index in [4.69, 9.17) is 15.1 Å². The molecule has 0 bridgehead atoms. The highest BCUT2D eigenvalue weighted by Gasteiger charge is 2.33. The summed E-state index contributed by atoms with van der Waals surface area (Å²) in [5.41, 5.74) is 4.42. The van der Waals surface area contributed by atoms with Gasteiger partial charge in [0.1, 0.15) is 12.4 Å². The molecule has 186 valence electrons. The van der Waals surface area contributed by atoms with Gasteiger partial charge in [-0.25, -0.2) is 10.3 Å². The Kier molecular flexibility index (Phi) is 8.37. The second-order valence-corrected chi connectivity index (χ2v) is 7.80. The second kappa shape index (κ2) is 11.6. The van der Waals surface area contributed by atoms with Crippen molar-refractivity contribution in [2.75, 3.05) is 14.1 Å². The molecule has 0 aliphatic heterocycles. The SMILES string of the molecule is CNC(=O)C(C(=O)NO)N(C)C(=O)c1ccc(-c2ccc(OCc3ccc(C(=O)O)cc3)cc2)cc1. The van der Waals surface area contributed by atoms with E-state index in [1.54, 1.807) is 48.5 Å². The van der Waals surface area contributed by atoms with Crippen LogP contribution in [0.25, 0.3) is 11.1 Å². The number of likely N-dealkylation sites (N-methyl/N-ethyl adjacent to an activating group) is 2. The second-order valence-electron chi connectivity index (χ2n) is 7.80. The minimum Gasteiger partial charge on any atom is -0.489 e. The fourth-order valence-electron chi connectivity index (χ4n) is 3.45. The number of hydroxylamine groups is 1. The number of hydrogen-bond donors (Lipinski definition) is 4. The Labute approximate surface area is 207 Å². The van der Waals surface area contributed by atoms with E-state index in [0.717, 1.165) is 21.6 Å². The standard InChI is InChI=1S/C26H25N3O7/c1-27-23(30)22(24(31)28-35)29(2)25(32)19-9-7-17(8-10-19)18-11-13-21(14-12-18)36-15-16-3-5-20(6-4-16)26(33)34/h3-14,22,35H,15H2,1-2H3,(H,27,30)(H,28,31)(H,33,34). The molecule has 4 N–H and O–H groups in total. The van der Waals surface area contributed by atoms with Gasteiger partial charge in [0.15, 0.2) is 6.04 Å². The Morgan fingerprint density at radius 1 is 0.833 bits per heavy atom. The number of carbonyl (C=O) groups excluding carboxylic acids is 3. The first-order valence-corrected chi connectivity index (χ1v) is 10.8. The van der Waals surface area contributed by atoms with Gasteiger partial charge in [-0.05, 0) is 53.1 Å². The van der Waals surface area contributed by atoms with Crippen LogP contribution in [0.2, 0.25) is 0 Å². The van der Waals surface area contributed by atoms with Crippen LogP contribution >= 0.6 is 0 Å². The first-order chi connectivity index (χ1) is 17.2. The molecular formula is C26H25N3O7. The van der Waals surface area contributed by atoms with Crippen molar-refractivity contribution < 1.29 is 34.2 Å². The molecular weight excluding hydrogens is 466 g/mol. The lowest BCUT2D eigenvalue weighted by Crippen LogP contribution is -2.54. The van der Waals surface area contributed by atoms with Crippen LogP contribution in [0.4, 0.5) is 0 Å². The van der Waals surface area contributed by atoms with Gasteiger partial charge in [-0.15, -0.1) is 0 Å². The molecule has 10 heteroatoms. The van der Waals surface area contributed by atoms with Gasteiger partial charge < -0.3 is 20.1 Å². The number of rotatable bonds is 9. The Morgan fingerprint density at radius 2 is 1.36 bits per heavy atom.